The molecule has 0 aromatic carbocycles. The van der Waals surface area contributed by atoms with E-state index in [-0.39, 0.29) is 13.2 Å². The molecule has 0 aliphatic rings. The first-order chi connectivity index (χ1) is 13.4. The third kappa shape index (κ3) is 10.9. The molecular formula is C17H31N2O8P. The predicted molar refractivity (Wildman–Crippen MR) is 104 cm³/mol. The van der Waals surface area contributed by atoms with Crippen LogP contribution in [0.4, 0.5) is 0 Å². The summed E-state index contributed by atoms with van der Waals surface area (Å²) >= 11 is 0. The van der Waals surface area contributed by atoms with Crippen molar-refractivity contribution in [2.75, 3.05) is 32.8 Å². The zero-order chi connectivity index (χ0) is 20.8. The molecule has 1 aromatic heterocycles. The van der Waals surface area contributed by atoms with Gasteiger partial charge < -0.3 is 24.0 Å². The Hall–Kier alpha value is -1.29. The Morgan fingerprint density at radius 3 is 2.61 bits per heavy atom. The standard InChI is InChI=1S/C17H31N2O8P/c1-2-3-4-5-9-25-10-6-11-27-28(23,24)14-26-15(13-20)12-19-8-7-16(21)18-17(19)22/h7-8,15,20H,2-6,9-14H2,1H3,(H,23,24)(H,18,21,22). The maximum atomic E-state index is 12.0. The van der Waals surface area contributed by atoms with E-state index in [0.717, 1.165) is 23.5 Å². The fourth-order valence-electron chi connectivity index (χ4n) is 2.31. The average Bonchev–Trinajstić information content (AvgIpc) is 2.65. The summed E-state index contributed by atoms with van der Waals surface area (Å²) in [4.78, 5) is 34.5. The smallest absolute Gasteiger partial charge is 0.353 e. The van der Waals surface area contributed by atoms with E-state index in [9.17, 15) is 24.2 Å². The minimum Gasteiger partial charge on any atom is -0.394 e. The highest BCUT2D eigenvalue weighted by Gasteiger charge is 2.22. The number of nitrogens with zero attached hydrogens (tertiary/aromatic N) is 1. The van der Waals surface area contributed by atoms with E-state index in [4.69, 9.17) is 14.0 Å². The van der Waals surface area contributed by atoms with Gasteiger partial charge in [0.15, 0.2) is 0 Å². The van der Waals surface area contributed by atoms with Crippen molar-refractivity contribution in [3.63, 3.8) is 0 Å². The van der Waals surface area contributed by atoms with Crippen molar-refractivity contribution in [3.05, 3.63) is 33.1 Å². The first-order valence-electron chi connectivity index (χ1n) is 9.44. The van der Waals surface area contributed by atoms with E-state index in [1.165, 1.54) is 19.0 Å². The second-order valence-corrected chi connectivity index (χ2v) is 8.15. The number of aromatic nitrogens is 2. The van der Waals surface area contributed by atoms with Crippen LogP contribution in [0.1, 0.15) is 39.0 Å². The number of ether oxygens (including phenoxy) is 2. The van der Waals surface area contributed by atoms with Gasteiger partial charge >= 0.3 is 13.3 Å². The van der Waals surface area contributed by atoms with Gasteiger partial charge in [0, 0.05) is 25.5 Å². The van der Waals surface area contributed by atoms with Crippen LogP contribution in [-0.2, 0) is 25.1 Å². The van der Waals surface area contributed by atoms with Gasteiger partial charge in [-0.15, -0.1) is 0 Å². The van der Waals surface area contributed by atoms with E-state index >= 15 is 0 Å². The van der Waals surface area contributed by atoms with E-state index < -0.39 is 37.9 Å². The monoisotopic (exact) mass is 422 g/mol. The van der Waals surface area contributed by atoms with Crippen molar-refractivity contribution in [2.24, 2.45) is 0 Å². The summed E-state index contributed by atoms with van der Waals surface area (Å²) in [6, 6.07) is 1.15. The van der Waals surface area contributed by atoms with Crippen LogP contribution in [0.15, 0.2) is 21.9 Å². The van der Waals surface area contributed by atoms with Crippen LogP contribution in [0.3, 0.4) is 0 Å². The van der Waals surface area contributed by atoms with E-state index in [1.54, 1.807) is 0 Å². The Labute approximate surface area is 164 Å². The molecule has 0 aliphatic carbocycles. The van der Waals surface area contributed by atoms with Crippen molar-refractivity contribution < 1.29 is 28.6 Å². The van der Waals surface area contributed by atoms with Gasteiger partial charge in [-0.05, 0) is 12.8 Å². The molecular weight excluding hydrogens is 391 g/mol. The largest absolute Gasteiger partial charge is 0.394 e. The van der Waals surface area contributed by atoms with Crippen molar-refractivity contribution in [2.45, 2.75) is 51.7 Å². The highest BCUT2D eigenvalue weighted by atomic mass is 31.2. The normalized spacial score (nSPS) is 14.7. The lowest BCUT2D eigenvalue weighted by Crippen LogP contribution is -2.34. The minimum atomic E-state index is -3.99. The van der Waals surface area contributed by atoms with Crippen molar-refractivity contribution in [1.82, 2.24) is 9.55 Å². The van der Waals surface area contributed by atoms with E-state index in [2.05, 4.69) is 11.9 Å². The van der Waals surface area contributed by atoms with Crippen molar-refractivity contribution >= 4 is 7.60 Å². The van der Waals surface area contributed by atoms with Crippen LogP contribution < -0.4 is 11.2 Å². The first kappa shape index (κ1) is 24.7. The molecule has 162 valence electrons. The number of aliphatic hydroxyl groups is 1. The lowest BCUT2D eigenvalue weighted by molar-refractivity contribution is 0.0162. The van der Waals surface area contributed by atoms with Crippen LogP contribution in [-0.4, -0.2) is 58.4 Å². The van der Waals surface area contributed by atoms with Gasteiger partial charge in [0.25, 0.3) is 5.56 Å². The summed E-state index contributed by atoms with van der Waals surface area (Å²) in [5.41, 5.74) is -1.20. The highest BCUT2D eigenvalue weighted by molar-refractivity contribution is 7.52. The number of aromatic amines is 1. The van der Waals surface area contributed by atoms with Crippen LogP contribution in [0.2, 0.25) is 0 Å². The molecule has 1 aromatic rings. The van der Waals surface area contributed by atoms with Gasteiger partial charge in [0.05, 0.1) is 25.9 Å². The van der Waals surface area contributed by atoms with Crippen LogP contribution in [0.5, 0.6) is 0 Å². The molecule has 1 heterocycles. The van der Waals surface area contributed by atoms with Gasteiger partial charge in [-0.3, -0.25) is 18.9 Å². The zero-order valence-corrected chi connectivity index (χ0v) is 17.1. The zero-order valence-electron chi connectivity index (χ0n) is 16.2. The van der Waals surface area contributed by atoms with Gasteiger partial charge in [0.2, 0.25) is 0 Å². The van der Waals surface area contributed by atoms with Crippen LogP contribution >= 0.6 is 7.60 Å². The Bertz CT molecular complexity index is 705. The summed E-state index contributed by atoms with van der Waals surface area (Å²) in [6.45, 7) is 2.75. The second-order valence-electron chi connectivity index (χ2n) is 6.36. The fourth-order valence-corrected chi connectivity index (χ4v) is 3.20. The molecule has 0 saturated heterocycles. The number of rotatable bonds is 16. The molecule has 0 saturated carbocycles. The Morgan fingerprint density at radius 1 is 1.18 bits per heavy atom. The molecule has 0 bridgehead atoms. The molecule has 11 heteroatoms. The third-order valence-corrected chi connectivity index (χ3v) is 4.90. The molecule has 28 heavy (non-hydrogen) atoms. The molecule has 0 radical (unpaired) electrons. The highest BCUT2D eigenvalue weighted by Crippen LogP contribution is 2.42. The molecule has 2 atom stereocenters. The number of nitrogens with one attached hydrogen (secondary N) is 1. The van der Waals surface area contributed by atoms with Crippen molar-refractivity contribution in [1.29, 1.82) is 0 Å². The molecule has 10 nitrogen and oxygen atoms in total. The third-order valence-electron chi connectivity index (χ3n) is 3.84. The van der Waals surface area contributed by atoms with Gasteiger partial charge in [-0.2, -0.15) is 0 Å². The quantitative estimate of drug-likeness (QED) is 0.265. The number of hydrogen-bond acceptors (Lipinski definition) is 7. The van der Waals surface area contributed by atoms with E-state index in [1.807, 2.05) is 0 Å². The molecule has 0 fully saturated rings. The number of H-pyrrole nitrogens is 1. The lowest BCUT2D eigenvalue weighted by Gasteiger charge is -2.19. The summed E-state index contributed by atoms with van der Waals surface area (Å²) in [5, 5.41) is 9.34. The molecule has 0 amide bonds. The van der Waals surface area contributed by atoms with Crippen LogP contribution in [0.25, 0.3) is 0 Å². The molecule has 0 spiro atoms. The summed E-state index contributed by atoms with van der Waals surface area (Å²) < 4.78 is 28.7. The molecule has 3 N–H and O–H groups in total. The first-order valence-corrected chi connectivity index (χ1v) is 11.2. The van der Waals surface area contributed by atoms with Gasteiger partial charge in [-0.1, -0.05) is 26.2 Å². The average molecular weight is 422 g/mol. The summed E-state index contributed by atoms with van der Waals surface area (Å²) in [5.74, 6) is 0. The summed E-state index contributed by atoms with van der Waals surface area (Å²) in [7, 11) is -3.99. The van der Waals surface area contributed by atoms with Gasteiger partial charge in [-0.25, -0.2) is 4.79 Å². The van der Waals surface area contributed by atoms with Crippen molar-refractivity contribution in [3.8, 4) is 0 Å². The Morgan fingerprint density at radius 2 is 1.93 bits per heavy atom. The second kappa shape index (κ2) is 13.8. The number of aliphatic hydroxyl groups excluding tert-OH is 1. The maximum absolute atomic E-state index is 12.0. The number of unbranched alkanes of at least 4 members (excludes halogenated alkanes) is 3. The molecule has 2 unspecified atom stereocenters. The lowest BCUT2D eigenvalue weighted by atomic mass is 10.2. The molecule has 1 rings (SSSR count). The number of hydrogen-bond donors (Lipinski definition) is 3. The Kier molecular flexibility index (Phi) is 12.2. The maximum Gasteiger partial charge on any atom is 0.353 e. The Balaban J connectivity index is 2.26. The summed E-state index contributed by atoms with van der Waals surface area (Å²) in [6.07, 6.45) is 4.70. The predicted octanol–water partition coefficient (Wildman–Crippen LogP) is 1.06. The molecule has 0 aliphatic heterocycles. The SMILES string of the molecule is CCCCCCOCCCOP(=O)(O)COC(CO)Cn1ccc(=O)[nH]c1=O. The van der Waals surface area contributed by atoms with Crippen LogP contribution in [0, 0.1) is 0 Å². The van der Waals surface area contributed by atoms with E-state index in [0.29, 0.717) is 19.6 Å². The van der Waals surface area contributed by atoms with Gasteiger partial charge in [0.1, 0.15) is 6.35 Å². The topological polar surface area (TPSA) is 140 Å². The minimum absolute atomic E-state index is 0.0509. The fraction of sp³-hybridized carbons (Fsp3) is 0.765.